The molecule has 3 N–H and O–H groups in total. The Bertz CT molecular complexity index is 514. The maximum Gasteiger partial charge on any atom is 0.315 e. The van der Waals surface area contributed by atoms with Crippen molar-refractivity contribution in [1.82, 2.24) is 10.6 Å². The van der Waals surface area contributed by atoms with Crippen LogP contribution in [0, 0.1) is 5.92 Å². The number of aliphatic hydroxyl groups excluding tert-OH is 1. The Morgan fingerprint density at radius 1 is 1.38 bits per heavy atom. The molecule has 21 heavy (non-hydrogen) atoms. The molecular formula is C16H23N3O2. The number of aliphatic hydroxyl groups is 1. The van der Waals surface area contributed by atoms with E-state index < -0.39 is 0 Å². The van der Waals surface area contributed by atoms with Crippen LogP contribution in [0.25, 0.3) is 0 Å². The molecule has 0 saturated heterocycles. The highest BCUT2D eigenvalue weighted by Gasteiger charge is 2.19. The second kappa shape index (κ2) is 7.13. The maximum absolute atomic E-state index is 11.9. The molecule has 0 bridgehead atoms. The summed E-state index contributed by atoms with van der Waals surface area (Å²) in [5.41, 5.74) is 2.17. The lowest BCUT2D eigenvalue weighted by atomic mass is 10.1. The molecule has 0 radical (unpaired) electrons. The van der Waals surface area contributed by atoms with Crippen molar-refractivity contribution in [3.8, 4) is 0 Å². The molecule has 0 unspecified atom stereocenters. The van der Waals surface area contributed by atoms with Gasteiger partial charge in [0, 0.05) is 44.9 Å². The van der Waals surface area contributed by atoms with Crippen molar-refractivity contribution < 1.29 is 9.90 Å². The highest BCUT2D eigenvalue weighted by molar-refractivity contribution is 5.74. The van der Waals surface area contributed by atoms with Crippen LogP contribution in [0.3, 0.4) is 0 Å². The average molecular weight is 289 g/mol. The van der Waals surface area contributed by atoms with Crippen LogP contribution in [0.15, 0.2) is 36.4 Å². The van der Waals surface area contributed by atoms with E-state index >= 15 is 0 Å². The first kappa shape index (κ1) is 15.4. The van der Waals surface area contributed by atoms with E-state index in [1.165, 1.54) is 0 Å². The molecule has 2 atom stereocenters. The fraction of sp³-hybridized carbons (Fsp3) is 0.438. The van der Waals surface area contributed by atoms with E-state index in [9.17, 15) is 4.79 Å². The van der Waals surface area contributed by atoms with E-state index in [1.54, 1.807) is 0 Å². The van der Waals surface area contributed by atoms with Crippen LogP contribution >= 0.6 is 0 Å². The minimum atomic E-state index is -0.182. The van der Waals surface area contributed by atoms with Crippen LogP contribution in [0.1, 0.15) is 12.0 Å². The van der Waals surface area contributed by atoms with Gasteiger partial charge < -0.3 is 20.6 Å². The molecule has 0 fully saturated rings. The molecule has 1 aliphatic rings. The van der Waals surface area contributed by atoms with E-state index in [0.717, 1.165) is 17.7 Å². The first-order valence-electron chi connectivity index (χ1n) is 7.18. The molecule has 5 heteroatoms. The lowest BCUT2D eigenvalue weighted by Crippen LogP contribution is -2.40. The Morgan fingerprint density at radius 3 is 2.86 bits per heavy atom. The molecule has 2 rings (SSSR count). The molecule has 2 amide bonds. The second-order valence-electron chi connectivity index (χ2n) is 5.56. The fourth-order valence-electron chi connectivity index (χ4n) is 2.36. The summed E-state index contributed by atoms with van der Waals surface area (Å²) in [6, 6.07) is 7.88. The molecule has 0 spiro atoms. The minimum Gasteiger partial charge on any atom is -0.396 e. The highest BCUT2D eigenvalue weighted by Crippen LogP contribution is 2.17. The van der Waals surface area contributed by atoms with E-state index in [2.05, 4.69) is 16.7 Å². The van der Waals surface area contributed by atoms with Gasteiger partial charge in [0.2, 0.25) is 0 Å². The molecule has 1 aromatic rings. The topological polar surface area (TPSA) is 64.6 Å². The molecule has 1 aliphatic carbocycles. The Hall–Kier alpha value is -2.01. The van der Waals surface area contributed by atoms with Crippen molar-refractivity contribution >= 4 is 11.7 Å². The first-order valence-corrected chi connectivity index (χ1v) is 7.18. The third-order valence-corrected chi connectivity index (χ3v) is 3.60. The summed E-state index contributed by atoms with van der Waals surface area (Å²) in [7, 11) is 3.98. The maximum atomic E-state index is 11.9. The summed E-state index contributed by atoms with van der Waals surface area (Å²) >= 11 is 0. The quantitative estimate of drug-likeness (QED) is 0.720. The lowest BCUT2D eigenvalue weighted by molar-refractivity contribution is 0.231. The number of nitrogens with one attached hydrogen (secondary N) is 2. The summed E-state index contributed by atoms with van der Waals surface area (Å²) in [6.45, 7) is 0.626. The molecule has 0 aliphatic heterocycles. The number of amides is 2. The summed E-state index contributed by atoms with van der Waals surface area (Å²) in [4.78, 5) is 13.9. The number of anilines is 1. The van der Waals surface area contributed by atoms with Crippen LogP contribution in [0.4, 0.5) is 10.5 Å². The zero-order valence-corrected chi connectivity index (χ0v) is 12.5. The van der Waals surface area contributed by atoms with Gasteiger partial charge in [-0.15, -0.1) is 0 Å². The van der Waals surface area contributed by atoms with Gasteiger partial charge in [-0.05, 0) is 24.1 Å². The number of carbonyl (C=O) groups is 1. The van der Waals surface area contributed by atoms with Gasteiger partial charge in [0.1, 0.15) is 0 Å². The largest absolute Gasteiger partial charge is 0.396 e. The van der Waals surface area contributed by atoms with Gasteiger partial charge in [-0.1, -0.05) is 24.3 Å². The van der Waals surface area contributed by atoms with Crippen molar-refractivity contribution in [3.63, 3.8) is 0 Å². The van der Waals surface area contributed by atoms with Crippen molar-refractivity contribution in [2.75, 3.05) is 25.6 Å². The Kier molecular flexibility index (Phi) is 5.22. The van der Waals surface area contributed by atoms with Crippen LogP contribution in [0.5, 0.6) is 0 Å². The van der Waals surface area contributed by atoms with Crippen molar-refractivity contribution in [2.24, 2.45) is 5.92 Å². The van der Waals surface area contributed by atoms with Gasteiger partial charge in [0.15, 0.2) is 0 Å². The number of hydrogen-bond acceptors (Lipinski definition) is 3. The molecule has 114 valence electrons. The van der Waals surface area contributed by atoms with Crippen LogP contribution < -0.4 is 15.5 Å². The summed E-state index contributed by atoms with van der Waals surface area (Å²) < 4.78 is 0. The number of nitrogens with zero attached hydrogens (tertiary/aromatic N) is 1. The second-order valence-corrected chi connectivity index (χ2v) is 5.56. The number of benzene rings is 1. The lowest BCUT2D eigenvalue weighted by Gasteiger charge is -2.15. The molecule has 0 heterocycles. The van der Waals surface area contributed by atoms with Crippen molar-refractivity contribution in [1.29, 1.82) is 0 Å². The van der Waals surface area contributed by atoms with Crippen LogP contribution in [0.2, 0.25) is 0 Å². The Balaban J connectivity index is 1.79. The molecule has 0 aromatic heterocycles. The van der Waals surface area contributed by atoms with Crippen LogP contribution in [-0.2, 0) is 6.54 Å². The van der Waals surface area contributed by atoms with E-state index in [4.69, 9.17) is 5.11 Å². The predicted octanol–water partition coefficient (Wildman–Crippen LogP) is 1.49. The summed E-state index contributed by atoms with van der Waals surface area (Å²) in [5, 5.41) is 14.8. The average Bonchev–Trinajstić information content (AvgIpc) is 2.93. The molecule has 0 saturated carbocycles. The van der Waals surface area contributed by atoms with Gasteiger partial charge in [-0.25, -0.2) is 4.79 Å². The molecule has 5 nitrogen and oxygen atoms in total. The normalized spacial score (nSPS) is 20.3. The smallest absolute Gasteiger partial charge is 0.315 e. The first-order chi connectivity index (χ1) is 10.1. The fourth-order valence-corrected chi connectivity index (χ4v) is 2.36. The van der Waals surface area contributed by atoms with E-state index in [0.29, 0.717) is 6.54 Å². The molecule has 1 aromatic carbocycles. The summed E-state index contributed by atoms with van der Waals surface area (Å²) in [6.07, 6.45) is 4.65. The van der Waals surface area contributed by atoms with Crippen molar-refractivity contribution in [3.05, 3.63) is 42.0 Å². The van der Waals surface area contributed by atoms with Gasteiger partial charge in [0.25, 0.3) is 0 Å². The molecular weight excluding hydrogens is 266 g/mol. The standard InChI is InChI=1S/C16H23N3O2/c1-19(2)15-5-3-4-12(9-15)10-17-16(21)18-14-7-6-13(8-14)11-20/h3-7,9,13-14,20H,8,10-11H2,1-2H3,(H2,17,18,21)/t13-,14+/m0/s1. The third kappa shape index (κ3) is 4.49. The van der Waals surface area contributed by atoms with Gasteiger partial charge in [-0.3, -0.25) is 0 Å². The Labute approximate surface area is 125 Å². The van der Waals surface area contributed by atoms with E-state index in [1.807, 2.05) is 49.3 Å². The van der Waals surface area contributed by atoms with Crippen LogP contribution in [-0.4, -0.2) is 37.9 Å². The number of carbonyl (C=O) groups excluding carboxylic acids is 1. The van der Waals surface area contributed by atoms with E-state index in [-0.39, 0.29) is 24.6 Å². The predicted molar refractivity (Wildman–Crippen MR) is 84.3 cm³/mol. The van der Waals surface area contributed by atoms with Gasteiger partial charge in [-0.2, -0.15) is 0 Å². The number of rotatable bonds is 5. The monoisotopic (exact) mass is 289 g/mol. The highest BCUT2D eigenvalue weighted by atomic mass is 16.3. The summed E-state index contributed by atoms with van der Waals surface area (Å²) in [5.74, 6) is 0.159. The zero-order valence-electron chi connectivity index (χ0n) is 12.5. The van der Waals surface area contributed by atoms with Gasteiger partial charge >= 0.3 is 6.03 Å². The third-order valence-electron chi connectivity index (χ3n) is 3.60. The number of urea groups is 1. The van der Waals surface area contributed by atoms with Crippen molar-refractivity contribution in [2.45, 2.75) is 19.0 Å². The number of hydrogen-bond donors (Lipinski definition) is 3. The minimum absolute atomic E-state index is 0.00950. The Morgan fingerprint density at radius 2 is 2.19 bits per heavy atom. The SMILES string of the molecule is CN(C)c1cccc(CNC(=O)N[C@@H]2C=C[C@H](CO)C2)c1. The zero-order chi connectivity index (χ0) is 15.2. The van der Waals surface area contributed by atoms with Gasteiger partial charge in [0.05, 0.1) is 0 Å².